The standard InChI is InChI=1S/C22H16ClF4N3O3/c23-16-4-2-8-28-20(16)30-13(10-31)11-33-19-14(3-1-5-18(19)30)21(32)29-12-6-7-15(17(24)9-12)22(25,26)27/h1-9,13,31H,10-11H2,(H,29,32)/t13-/m0/s1. The molecule has 1 aliphatic rings. The molecule has 0 spiro atoms. The number of aromatic nitrogens is 1. The minimum atomic E-state index is -4.85. The molecule has 0 saturated carbocycles. The van der Waals surface area contributed by atoms with Gasteiger partial charge >= 0.3 is 6.18 Å². The number of aliphatic hydroxyl groups excluding tert-OH is 1. The maximum atomic E-state index is 13.9. The third-order valence-electron chi connectivity index (χ3n) is 4.99. The summed E-state index contributed by atoms with van der Waals surface area (Å²) in [5.41, 5.74) is -1.12. The fraction of sp³-hybridized carbons (Fsp3) is 0.182. The summed E-state index contributed by atoms with van der Waals surface area (Å²) in [6.07, 6.45) is -3.32. The summed E-state index contributed by atoms with van der Waals surface area (Å²) >= 11 is 6.29. The lowest BCUT2D eigenvalue weighted by atomic mass is 10.1. The summed E-state index contributed by atoms with van der Waals surface area (Å²) in [5, 5.41) is 12.5. The molecule has 33 heavy (non-hydrogen) atoms. The second kappa shape index (κ2) is 8.87. The SMILES string of the molecule is O=C(Nc1ccc(C(F)(F)F)c(F)c1)c1cccc2c1OC[C@H](CO)N2c1ncccc1Cl. The van der Waals surface area contributed by atoms with Gasteiger partial charge in [0, 0.05) is 11.9 Å². The number of nitrogens with zero attached hydrogens (tertiary/aromatic N) is 2. The Morgan fingerprint density at radius 3 is 2.70 bits per heavy atom. The van der Waals surface area contributed by atoms with Crippen LogP contribution in [0.4, 0.5) is 34.8 Å². The summed E-state index contributed by atoms with van der Waals surface area (Å²) in [6, 6.07) is 9.51. The predicted molar refractivity (Wildman–Crippen MR) is 114 cm³/mol. The first kappa shape index (κ1) is 22.8. The van der Waals surface area contributed by atoms with E-state index in [1.54, 1.807) is 29.2 Å². The molecule has 0 saturated heterocycles. The maximum Gasteiger partial charge on any atom is 0.419 e. The van der Waals surface area contributed by atoms with Crippen molar-refractivity contribution in [1.29, 1.82) is 0 Å². The van der Waals surface area contributed by atoms with Gasteiger partial charge in [-0.05, 0) is 42.5 Å². The van der Waals surface area contributed by atoms with Crippen molar-refractivity contribution < 1.29 is 32.2 Å². The fourth-order valence-electron chi connectivity index (χ4n) is 3.49. The highest BCUT2D eigenvalue weighted by Crippen LogP contribution is 2.42. The molecular weight excluding hydrogens is 466 g/mol. The van der Waals surface area contributed by atoms with E-state index in [0.29, 0.717) is 28.7 Å². The van der Waals surface area contributed by atoms with Crippen LogP contribution in [0, 0.1) is 5.82 Å². The monoisotopic (exact) mass is 481 g/mol. The zero-order chi connectivity index (χ0) is 23.8. The number of pyridine rings is 1. The van der Waals surface area contributed by atoms with E-state index in [4.69, 9.17) is 16.3 Å². The minimum Gasteiger partial charge on any atom is -0.488 e. The molecule has 3 aromatic rings. The van der Waals surface area contributed by atoms with E-state index in [0.717, 1.165) is 6.07 Å². The van der Waals surface area contributed by atoms with Crippen molar-refractivity contribution in [2.24, 2.45) is 0 Å². The molecule has 2 heterocycles. The number of benzene rings is 2. The second-order valence-corrected chi connectivity index (χ2v) is 7.53. The Bertz CT molecular complexity index is 1210. The van der Waals surface area contributed by atoms with E-state index in [1.807, 2.05) is 0 Å². The van der Waals surface area contributed by atoms with Crippen molar-refractivity contribution in [3.8, 4) is 5.75 Å². The van der Waals surface area contributed by atoms with Crippen LogP contribution >= 0.6 is 11.6 Å². The van der Waals surface area contributed by atoms with E-state index >= 15 is 0 Å². The molecular formula is C22H16ClF4N3O3. The van der Waals surface area contributed by atoms with Crippen LogP contribution in [-0.2, 0) is 6.18 Å². The Balaban J connectivity index is 1.69. The third-order valence-corrected chi connectivity index (χ3v) is 5.29. The number of nitrogens with one attached hydrogen (secondary N) is 1. The van der Waals surface area contributed by atoms with E-state index in [1.165, 1.54) is 12.3 Å². The predicted octanol–water partition coefficient (Wildman–Crippen LogP) is 5.04. The average molecular weight is 482 g/mol. The summed E-state index contributed by atoms with van der Waals surface area (Å²) in [7, 11) is 0. The number of carbonyl (C=O) groups excluding carboxylic acids is 1. The summed E-state index contributed by atoms with van der Waals surface area (Å²) in [6.45, 7) is -0.275. The van der Waals surface area contributed by atoms with E-state index in [9.17, 15) is 27.5 Å². The van der Waals surface area contributed by atoms with Crippen molar-refractivity contribution >= 4 is 34.7 Å². The highest BCUT2D eigenvalue weighted by atomic mass is 35.5. The number of para-hydroxylation sites is 1. The zero-order valence-corrected chi connectivity index (χ0v) is 17.5. The molecule has 0 radical (unpaired) electrons. The molecule has 11 heteroatoms. The molecule has 172 valence electrons. The number of rotatable bonds is 4. The lowest BCUT2D eigenvalue weighted by Crippen LogP contribution is -2.43. The van der Waals surface area contributed by atoms with E-state index < -0.39 is 29.5 Å². The van der Waals surface area contributed by atoms with Crippen LogP contribution in [0.15, 0.2) is 54.7 Å². The number of ether oxygens (including phenoxy) is 1. The van der Waals surface area contributed by atoms with Gasteiger partial charge in [0.1, 0.15) is 12.4 Å². The summed E-state index contributed by atoms with van der Waals surface area (Å²) in [5.74, 6) is -1.71. The van der Waals surface area contributed by atoms with Gasteiger partial charge in [0.25, 0.3) is 5.91 Å². The summed E-state index contributed by atoms with van der Waals surface area (Å²) < 4.78 is 58.0. The number of halogens is 5. The van der Waals surface area contributed by atoms with Crippen LogP contribution in [0.25, 0.3) is 0 Å². The van der Waals surface area contributed by atoms with Gasteiger partial charge in [0.05, 0.1) is 34.5 Å². The highest BCUT2D eigenvalue weighted by Gasteiger charge is 2.35. The van der Waals surface area contributed by atoms with Gasteiger partial charge in [-0.2, -0.15) is 13.2 Å². The normalized spacial score (nSPS) is 15.6. The van der Waals surface area contributed by atoms with Gasteiger partial charge in [0.15, 0.2) is 11.6 Å². The van der Waals surface area contributed by atoms with Gasteiger partial charge in [-0.15, -0.1) is 0 Å². The van der Waals surface area contributed by atoms with Crippen molar-refractivity contribution in [2.45, 2.75) is 12.2 Å². The molecule has 0 aliphatic carbocycles. The molecule has 2 aromatic carbocycles. The van der Waals surface area contributed by atoms with Crippen molar-refractivity contribution in [2.75, 3.05) is 23.4 Å². The smallest absolute Gasteiger partial charge is 0.419 e. The van der Waals surface area contributed by atoms with Crippen LogP contribution in [0.1, 0.15) is 15.9 Å². The number of hydrogen-bond acceptors (Lipinski definition) is 5. The van der Waals surface area contributed by atoms with Gasteiger partial charge in [-0.3, -0.25) is 4.79 Å². The molecule has 1 aliphatic heterocycles. The minimum absolute atomic E-state index is 0.00953. The Morgan fingerprint density at radius 1 is 1.24 bits per heavy atom. The van der Waals surface area contributed by atoms with Crippen molar-refractivity contribution in [1.82, 2.24) is 4.98 Å². The van der Waals surface area contributed by atoms with Crippen LogP contribution in [0.2, 0.25) is 5.02 Å². The third kappa shape index (κ3) is 4.44. The molecule has 4 rings (SSSR count). The Kier molecular flexibility index (Phi) is 6.13. The van der Waals surface area contributed by atoms with Gasteiger partial charge in [-0.25, -0.2) is 9.37 Å². The molecule has 6 nitrogen and oxygen atoms in total. The van der Waals surface area contributed by atoms with Crippen LogP contribution in [-0.4, -0.2) is 35.3 Å². The average Bonchev–Trinajstić information content (AvgIpc) is 2.77. The second-order valence-electron chi connectivity index (χ2n) is 7.13. The number of alkyl halides is 3. The molecule has 0 fully saturated rings. The number of anilines is 3. The molecule has 1 amide bonds. The maximum absolute atomic E-state index is 13.9. The molecule has 0 bridgehead atoms. The Hall–Kier alpha value is -3.37. The number of fused-ring (bicyclic) bond motifs is 1. The largest absolute Gasteiger partial charge is 0.488 e. The van der Waals surface area contributed by atoms with Crippen LogP contribution in [0.3, 0.4) is 0 Å². The first-order chi connectivity index (χ1) is 15.7. The Labute approximate surface area is 190 Å². The van der Waals surface area contributed by atoms with E-state index in [-0.39, 0.29) is 30.2 Å². The quantitative estimate of drug-likeness (QED) is 0.511. The highest BCUT2D eigenvalue weighted by molar-refractivity contribution is 6.33. The lowest BCUT2D eigenvalue weighted by molar-refractivity contribution is -0.139. The number of aliphatic hydroxyl groups is 1. The number of carbonyl (C=O) groups is 1. The molecule has 1 aromatic heterocycles. The van der Waals surface area contributed by atoms with E-state index in [2.05, 4.69) is 10.3 Å². The number of hydrogen-bond donors (Lipinski definition) is 2. The fourth-order valence-corrected chi connectivity index (χ4v) is 3.71. The first-order valence-electron chi connectivity index (χ1n) is 9.65. The van der Waals surface area contributed by atoms with Crippen molar-refractivity contribution in [3.05, 3.63) is 76.7 Å². The lowest BCUT2D eigenvalue weighted by Gasteiger charge is -2.37. The number of amides is 1. The van der Waals surface area contributed by atoms with Gasteiger partial charge < -0.3 is 20.1 Å². The summed E-state index contributed by atoms with van der Waals surface area (Å²) in [4.78, 5) is 18.8. The van der Waals surface area contributed by atoms with Crippen LogP contribution < -0.4 is 15.0 Å². The van der Waals surface area contributed by atoms with Crippen molar-refractivity contribution in [3.63, 3.8) is 0 Å². The molecule has 0 unspecified atom stereocenters. The van der Waals surface area contributed by atoms with Gasteiger partial charge in [0.2, 0.25) is 0 Å². The topological polar surface area (TPSA) is 74.7 Å². The zero-order valence-electron chi connectivity index (χ0n) is 16.7. The first-order valence-corrected chi connectivity index (χ1v) is 10.0. The van der Waals surface area contributed by atoms with Gasteiger partial charge in [-0.1, -0.05) is 17.7 Å². The molecule has 2 N–H and O–H groups in total. The molecule has 1 atom stereocenters. The Morgan fingerprint density at radius 2 is 2.03 bits per heavy atom. The van der Waals surface area contributed by atoms with Crippen LogP contribution in [0.5, 0.6) is 5.75 Å².